The van der Waals surface area contributed by atoms with Crippen LogP contribution in [0.4, 0.5) is 5.82 Å². The molecule has 0 aliphatic carbocycles. The Morgan fingerprint density at radius 2 is 1.94 bits per heavy atom. The van der Waals surface area contributed by atoms with Crippen LogP contribution < -0.4 is 10.2 Å². The molecule has 4 heteroatoms. The molecule has 1 unspecified atom stereocenters. The highest BCUT2D eigenvalue weighted by atomic mass is 15.2. The summed E-state index contributed by atoms with van der Waals surface area (Å²) < 4.78 is 0. The number of nitrogens with one attached hydrogen (secondary N) is 1. The van der Waals surface area contributed by atoms with E-state index < -0.39 is 0 Å². The summed E-state index contributed by atoms with van der Waals surface area (Å²) in [7, 11) is 2.05. The Morgan fingerprint density at radius 3 is 2.53 bits per heavy atom. The minimum atomic E-state index is 0.611. The van der Waals surface area contributed by atoms with E-state index >= 15 is 0 Å². The van der Waals surface area contributed by atoms with Crippen LogP contribution in [-0.2, 0) is 0 Å². The van der Waals surface area contributed by atoms with Gasteiger partial charge in [0.25, 0.3) is 0 Å². The minimum absolute atomic E-state index is 0.611. The van der Waals surface area contributed by atoms with Crippen molar-refractivity contribution in [3.8, 4) is 0 Å². The molecule has 1 saturated heterocycles. The SMILES string of the molecule is CNC(C)C1CCN(c2nccnc2C)CC1. The Labute approximate surface area is 103 Å². The third-order valence-electron chi connectivity index (χ3n) is 3.86. The maximum atomic E-state index is 4.44. The van der Waals surface area contributed by atoms with Gasteiger partial charge < -0.3 is 10.2 Å². The molecular formula is C13H22N4. The molecule has 1 aliphatic heterocycles. The van der Waals surface area contributed by atoms with Gasteiger partial charge >= 0.3 is 0 Å². The zero-order valence-corrected chi connectivity index (χ0v) is 11.0. The zero-order chi connectivity index (χ0) is 12.3. The van der Waals surface area contributed by atoms with Crippen LogP contribution in [0.2, 0.25) is 0 Å². The van der Waals surface area contributed by atoms with Gasteiger partial charge in [-0.2, -0.15) is 0 Å². The van der Waals surface area contributed by atoms with E-state index in [2.05, 4.69) is 27.1 Å². The fourth-order valence-electron chi connectivity index (χ4n) is 2.56. The molecule has 0 spiro atoms. The van der Waals surface area contributed by atoms with Gasteiger partial charge in [-0.3, -0.25) is 4.98 Å². The van der Waals surface area contributed by atoms with E-state index in [9.17, 15) is 0 Å². The number of piperidine rings is 1. The quantitative estimate of drug-likeness (QED) is 0.862. The number of hydrogen-bond acceptors (Lipinski definition) is 4. The van der Waals surface area contributed by atoms with Gasteiger partial charge in [-0.15, -0.1) is 0 Å². The number of nitrogens with zero attached hydrogens (tertiary/aromatic N) is 3. The molecule has 94 valence electrons. The van der Waals surface area contributed by atoms with Gasteiger partial charge in [0, 0.05) is 31.5 Å². The Hall–Kier alpha value is -1.16. The molecular weight excluding hydrogens is 212 g/mol. The predicted octanol–water partition coefficient (Wildman–Crippen LogP) is 1.61. The number of hydrogen-bond donors (Lipinski definition) is 1. The van der Waals surface area contributed by atoms with Crippen LogP contribution >= 0.6 is 0 Å². The fraction of sp³-hybridized carbons (Fsp3) is 0.692. The van der Waals surface area contributed by atoms with Crippen molar-refractivity contribution in [1.82, 2.24) is 15.3 Å². The summed E-state index contributed by atoms with van der Waals surface area (Å²) in [6.45, 7) is 6.49. The van der Waals surface area contributed by atoms with Crippen LogP contribution in [0.15, 0.2) is 12.4 Å². The van der Waals surface area contributed by atoms with Crippen LogP contribution in [0.25, 0.3) is 0 Å². The molecule has 0 amide bonds. The van der Waals surface area contributed by atoms with Gasteiger partial charge in [-0.25, -0.2) is 4.98 Å². The van der Waals surface area contributed by atoms with Crippen LogP contribution in [0.5, 0.6) is 0 Å². The molecule has 1 atom stereocenters. The first-order valence-electron chi connectivity index (χ1n) is 6.42. The first-order valence-corrected chi connectivity index (χ1v) is 6.42. The second-order valence-corrected chi connectivity index (χ2v) is 4.87. The summed E-state index contributed by atoms with van der Waals surface area (Å²) in [5.41, 5.74) is 1.03. The molecule has 1 aromatic heterocycles. The van der Waals surface area contributed by atoms with Gasteiger partial charge in [0.05, 0.1) is 5.69 Å². The highest BCUT2D eigenvalue weighted by molar-refractivity contribution is 5.42. The minimum Gasteiger partial charge on any atom is -0.355 e. The number of aromatic nitrogens is 2. The second kappa shape index (κ2) is 5.45. The van der Waals surface area contributed by atoms with Crippen molar-refractivity contribution in [3.63, 3.8) is 0 Å². The van der Waals surface area contributed by atoms with Crippen LogP contribution in [0, 0.1) is 12.8 Å². The van der Waals surface area contributed by atoms with Gasteiger partial charge in [-0.05, 0) is 39.7 Å². The molecule has 1 N–H and O–H groups in total. The van der Waals surface area contributed by atoms with E-state index in [1.165, 1.54) is 12.8 Å². The predicted molar refractivity (Wildman–Crippen MR) is 70.2 cm³/mol. The molecule has 1 aromatic rings. The summed E-state index contributed by atoms with van der Waals surface area (Å²) >= 11 is 0. The van der Waals surface area contributed by atoms with Crippen molar-refractivity contribution in [2.24, 2.45) is 5.92 Å². The third-order valence-corrected chi connectivity index (χ3v) is 3.86. The maximum absolute atomic E-state index is 4.44. The van der Waals surface area contributed by atoms with Crippen molar-refractivity contribution < 1.29 is 0 Å². The van der Waals surface area contributed by atoms with Crippen molar-refractivity contribution in [2.45, 2.75) is 32.7 Å². The Balaban J connectivity index is 1.98. The number of anilines is 1. The standard InChI is InChI=1S/C13H22N4/c1-10(14-3)12-4-8-17(9-5-12)13-11(2)15-6-7-16-13/h6-7,10,12,14H,4-5,8-9H2,1-3H3. The smallest absolute Gasteiger partial charge is 0.150 e. The summed E-state index contributed by atoms with van der Waals surface area (Å²) in [6.07, 6.45) is 6.01. The molecule has 17 heavy (non-hydrogen) atoms. The Bertz CT molecular complexity index is 358. The monoisotopic (exact) mass is 234 g/mol. The topological polar surface area (TPSA) is 41.0 Å². The molecule has 0 aromatic carbocycles. The average molecular weight is 234 g/mol. The fourth-order valence-corrected chi connectivity index (χ4v) is 2.56. The molecule has 2 rings (SSSR count). The lowest BCUT2D eigenvalue weighted by molar-refractivity contribution is 0.322. The largest absolute Gasteiger partial charge is 0.355 e. The summed E-state index contributed by atoms with van der Waals surface area (Å²) in [5, 5.41) is 3.35. The van der Waals surface area contributed by atoms with E-state index in [4.69, 9.17) is 0 Å². The number of aryl methyl sites for hydroxylation is 1. The molecule has 0 bridgehead atoms. The molecule has 0 radical (unpaired) electrons. The normalized spacial score (nSPS) is 19.4. The lowest BCUT2D eigenvalue weighted by Crippen LogP contribution is -2.41. The van der Waals surface area contributed by atoms with E-state index in [0.717, 1.165) is 30.5 Å². The lowest BCUT2D eigenvalue weighted by atomic mass is 9.90. The zero-order valence-electron chi connectivity index (χ0n) is 11.0. The van der Waals surface area contributed by atoms with Gasteiger partial charge in [-0.1, -0.05) is 0 Å². The van der Waals surface area contributed by atoms with Gasteiger partial charge in [0.15, 0.2) is 0 Å². The molecule has 1 aliphatic rings. The summed E-state index contributed by atoms with van der Waals surface area (Å²) in [5.74, 6) is 1.84. The first-order chi connectivity index (χ1) is 8.22. The van der Waals surface area contributed by atoms with Gasteiger partial charge in [0.2, 0.25) is 0 Å². The number of rotatable bonds is 3. The van der Waals surface area contributed by atoms with Crippen molar-refractivity contribution in [3.05, 3.63) is 18.1 Å². The molecule has 0 saturated carbocycles. The highest BCUT2D eigenvalue weighted by Gasteiger charge is 2.24. The van der Waals surface area contributed by atoms with Gasteiger partial charge in [0.1, 0.15) is 5.82 Å². The highest BCUT2D eigenvalue weighted by Crippen LogP contribution is 2.24. The molecule has 1 fully saturated rings. The van der Waals surface area contributed by atoms with E-state index in [0.29, 0.717) is 6.04 Å². The van der Waals surface area contributed by atoms with Crippen LogP contribution in [-0.4, -0.2) is 36.1 Å². The van der Waals surface area contributed by atoms with Crippen LogP contribution in [0.1, 0.15) is 25.5 Å². The van der Waals surface area contributed by atoms with Crippen LogP contribution in [0.3, 0.4) is 0 Å². The van der Waals surface area contributed by atoms with Crippen molar-refractivity contribution in [2.75, 3.05) is 25.0 Å². The summed E-state index contributed by atoms with van der Waals surface area (Å²) in [4.78, 5) is 11.1. The third kappa shape index (κ3) is 2.75. The molecule has 2 heterocycles. The first kappa shape index (κ1) is 12.3. The van der Waals surface area contributed by atoms with E-state index in [1.54, 1.807) is 12.4 Å². The Kier molecular flexibility index (Phi) is 3.94. The molecule has 4 nitrogen and oxygen atoms in total. The average Bonchev–Trinajstić information content (AvgIpc) is 2.39. The van der Waals surface area contributed by atoms with Crippen molar-refractivity contribution in [1.29, 1.82) is 0 Å². The van der Waals surface area contributed by atoms with Crippen molar-refractivity contribution >= 4 is 5.82 Å². The maximum Gasteiger partial charge on any atom is 0.150 e. The Morgan fingerprint density at radius 1 is 1.29 bits per heavy atom. The van der Waals surface area contributed by atoms with E-state index in [-0.39, 0.29) is 0 Å². The van der Waals surface area contributed by atoms with E-state index in [1.807, 2.05) is 14.0 Å². The lowest BCUT2D eigenvalue weighted by Gasteiger charge is -2.35. The summed E-state index contributed by atoms with van der Waals surface area (Å²) in [6, 6.07) is 0.611. The second-order valence-electron chi connectivity index (χ2n) is 4.87.